The third-order valence-corrected chi connectivity index (χ3v) is 4.58. The van der Waals surface area contributed by atoms with Crippen LogP contribution in [0, 0.1) is 22.7 Å². The number of alkyl halides is 3. The van der Waals surface area contributed by atoms with Crippen LogP contribution in [0.1, 0.15) is 73.1 Å². The van der Waals surface area contributed by atoms with Crippen molar-refractivity contribution in [2.24, 2.45) is 22.7 Å². The van der Waals surface area contributed by atoms with Crippen LogP contribution < -0.4 is 0 Å². The molecule has 0 aromatic rings. The topological polar surface area (TPSA) is 9.23 Å². The maximum Gasteiger partial charge on any atom is 0.411 e. The molecule has 0 amide bonds. The summed E-state index contributed by atoms with van der Waals surface area (Å²) in [5, 5.41) is 0. The van der Waals surface area contributed by atoms with Crippen LogP contribution in [0.25, 0.3) is 0 Å². The van der Waals surface area contributed by atoms with Gasteiger partial charge in [-0.25, -0.2) is 0 Å². The van der Waals surface area contributed by atoms with Crippen LogP contribution in [0.4, 0.5) is 13.2 Å². The minimum absolute atomic E-state index is 0.0624. The van der Waals surface area contributed by atoms with Gasteiger partial charge in [-0.2, -0.15) is 13.2 Å². The third kappa shape index (κ3) is 9.02. The summed E-state index contributed by atoms with van der Waals surface area (Å²) in [6.07, 6.45) is 2.72. The normalized spacial score (nSPS) is 24.0. The van der Waals surface area contributed by atoms with Crippen LogP contribution >= 0.6 is 0 Å². The first-order valence-corrected chi connectivity index (χ1v) is 8.51. The Morgan fingerprint density at radius 2 is 1.45 bits per heavy atom. The van der Waals surface area contributed by atoms with E-state index in [4.69, 9.17) is 4.74 Å². The van der Waals surface area contributed by atoms with Crippen molar-refractivity contribution in [2.45, 2.75) is 79.3 Å². The van der Waals surface area contributed by atoms with Crippen molar-refractivity contribution in [3.05, 3.63) is 0 Å². The van der Waals surface area contributed by atoms with Gasteiger partial charge < -0.3 is 4.74 Å². The molecule has 0 radical (unpaired) electrons. The first kappa shape index (κ1) is 19.8. The van der Waals surface area contributed by atoms with Gasteiger partial charge in [0.2, 0.25) is 0 Å². The average molecular weight is 322 g/mol. The molecular formula is C18H33F3O. The standard InChI is InChI=1S/C18H33F3O/c1-16(2,3)11-14-6-7-15(10-14)12-17(4,5)8-9-22-13-18(19,20)21/h14-15H,6-13H2,1-5H3. The molecule has 2 atom stereocenters. The molecule has 1 fully saturated rings. The highest BCUT2D eigenvalue weighted by atomic mass is 19.4. The van der Waals surface area contributed by atoms with Gasteiger partial charge in [-0.3, -0.25) is 0 Å². The lowest BCUT2D eigenvalue weighted by Crippen LogP contribution is -2.22. The van der Waals surface area contributed by atoms with Crippen LogP contribution in [0.15, 0.2) is 0 Å². The molecule has 4 heteroatoms. The molecule has 0 heterocycles. The summed E-state index contributed by atoms with van der Waals surface area (Å²) in [6, 6.07) is 0. The predicted molar refractivity (Wildman–Crippen MR) is 84.8 cm³/mol. The van der Waals surface area contributed by atoms with Crippen molar-refractivity contribution >= 4 is 0 Å². The molecule has 1 aliphatic carbocycles. The zero-order valence-electron chi connectivity index (χ0n) is 14.9. The van der Waals surface area contributed by atoms with Gasteiger partial charge >= 0.3 is 6.18 Å². The van der Waals surface area contributed by atoms with Gasteiger partial charge in [-0.05, 0) is 48.3 Å². The fraction of sp³-hybridized carbons (Fsp3) is 1.00. The van der Waals surface area contributed by atoms with Crippen molar-refractivity contribution in [3.63, 3.8) is 0 Å². The van der Waals surface area contributed by atoms with E-state index in [-0.39, 0.29) is 12.0 Å². The van der Waals surface area contributed by atoms with Gasteiger partial charge in [-0.1, -0.05) is 47.5 Å². The second-order valence-electron chi connectivity index (χ2n) is 9.10. The number of halogens is 3. The van der Waals surface area contributed by atoms with Crippen LogP contribution in [-0.2, 0) is 4.74 Å². The van der Waals surface area contributed by atoms with Crippen molar-refractivity contribution in [1.82, 2.24) is 0 Å². The smallest absolute Gasteiger partial charge is 0.372 e. The Morgan fingerprint density at radius 1 is 0.909 bits per heavy atom. The quantitative estimate of drug-likeness (QED) is 0.505. The first-order chi connectivity index (χ1) is 9.86. The molecule has 22 heavy (non-hydrogen) atoms. The highest BCUT2D eigenvalue weighted by Gasteiger charge is 2.32. The maximum atomic E-state index is 12.1. The Labute approximate surface area is 134 Å². The minimum Gasteiger partial charge on any atom is -0.372 e. The Balaban J connectivity index is 2.27. The Bertz CT molecular complexity index is 328. The summed E-state index contributed by atoms with van der Waals surface area (Å²) in [6.45, 7) is 10.3. The summed E-state index contributed by atoms with van der Waals surface area (Å²) >= 11 is 0. The van der Waals surface area contributed by atoms with Crippen LogP contribution in [0.3, 0.4) is 0 Å². The summed E-state index contributed by atoms with van der Waals surface area (Å²) in [5.41, 5.74) is 0.452. The molecule has 1 saturated carbocycles. The molecule has 0 aromatic carbocycles. The molecule has 132 valence electrons. The molecule has 1 rings (SSSR count). The lowest BCUT2D eigenvalue weighted by molar-refractivity contribution is -0.175. The third-order valence-electron chi connectivity index (χ3n) is 4.58. The second kappa shape index (κ2) is 7.55. The summed E-state index contributed by atoms with van der Waals surface area (Å²) in [4.78, 5) is 0. The van der Waals surface area contributed by atoms with E-state index in [1.165, 1.54) is 25.7 Å². The highest BCUT2D eigenvalue weighted by Crippen LogP contribution is 2.43. The Hall–Kier alpha value is -0.250. The molecule has 2 unspecified atom stereocenters. The second-order valence-corrected chi connectivity index (χ2v) is 9.10. The summed E-state index contributed by atoms with van der Waals surface area (Å²) in [5.74, 6) is 1.55. The van der Waals surface area contributed by atoms with E-state index >= 15 is 0 Å². The largest absolute Gasteiger partial charge is 0.411 e. The van der Waals surface area contributed by atoms with E-state index in [9.17, 15) is 13.2 Å². The average Bonchev–Trinajstić information content (AvgIpc) is 2.67. The summed E-state index contributed by atoms with van der Waals surface area (Å²) < 4.78 is 40.9. The molecule has 0 bridgehead atoms. The number of hydrogen-bond acceptors (Lipinski definition) is 1. The van der Waals surface area contributed by atoms with Crippen LogP contribution in [0.5, 0.6) is 0 Å². The van der Waals surface area contributed by atoms with E-state index in [1.807, 2.05) is 0 Å². The van der Waals surface area contributed by atoms with Gasteiger partial charge in [0.15, 0.2) is 0 Å². The highest BCUT2D eigenvalue weighted by molar-refractivity contribution is 4.83. The molecular weight excluding hydrogens is 289 g/mol. The number of rotatable bonds is 7. The van der Waals surface area contributed by atoms with Gasteiger partial charge in [0.25, 0.3) is 0 Å². The van der Waals surface area contributed by atoms with Gasteiger partial charge in [-0.15, -0.1) is 0 Å². The fourth-order valence-electron chi connectivity index (χ4n) is 3.84. The fourth-order valence-corrected chi connectivity index (χ4v) is 3.84. The Kier molecular flexibility index (Phi) is 6.79. The van der Waals surface area contributed by atoms with Gasteiger partial charge in [0.05, 0.1) is 0 Å². The van der Waals surface area contributed by atoms with E-state index in [0.29, 0.717) is 11.8 Å². The lowest BCUT2D eigenvalue weighted by atomic mass is 9.78. The van der Waals surface area contributed by atoms with Crippen molar-refractivity contribution < 1.29 is 17.9 Å². The number of hydrogen-bond donors (Lipinski definition) is 0. The van der Waals surface area contributed by atoms with E-state index in [1.54, 1.807) is 0 Å². The van der Waals surface area contributed by atoms with Crippen molar-refractivity contribution in [3.8, 4) is 0 Å². The molecule has 1 aliphatic rings. The SMILES string of the molecule is CC(C)(C)CC1CCC(CC(C)(C)CCOCC(F)(F)F)C1. The first-order valence-electron chi connectivity index (χ1n) is 8.51. The van der Waals surface area contributed by atoms with Crippen molar-refractivity contribution in [1.29, 1.82) is 0 Å². The zero-order chi connectivity index (χ0) is 17.0. The lowest BCUT2D eigenvalue weighted by Gasteiger charge is -2.28. The molecule has 0 aromatic heterocycles. The van der Waals surface area contributed by atoms with Crippen molar-refractivity contribution in [2.75, 3.05) is 13.2 Å². The van der Waals surface area contributed by atoms with Gasteiger partial charge in [0.1, 0.15) is 6.61 Å². The summed E-state index contributed by atoms with van der Waals surface area (Å²) in [7, 11) is 0. The van der Waals surface area contributed by atoms with E-state index in [0.717, 1.165) is 18.3 Å². The zero-order valence-corrected chi connectivity index (χ0v) is 14.9. The molecule has 0 saturated heterocycles. The Morgan fingerprint density at radius 3 is 1.95 bits per heavy atom. The number of ether oxygens (including phenoxy) is 1. The molecule has 0 aliphatic heterocycles. The molecule has 0 N–H and O–H groups in total. The molecule has 0 spiro atoms. The minimum atomic E-state index is -4.21. The van der Waals surface area contributed by atoms with Gasteiger partial charge in [0, 0.05) is 6.61 Å². The monoisotopic (exact) mass is 322 g/mol. The predicted octanol–water partition coefficient (Wildman–Crippen LogP) is 6.22. The maximum absolute atomic E-state index is 12.1. The molecule has 1 nitrogen and oxygen atoms in total. The van der Waals surface area contributed by atoms with E-state index < -0.39 is 12.8 Å². The van der Waals surface area contributed by atoms with E-state index in [2.05, 4.69) is 34.6 Å². The van der Waals surface area contributed by atoms with Crippen LogP contribution in [0.2, 0.25) is 0 Å². The van der Waals surface area contributed by atoms with Crippen LogP contribution in [-0.4, -0.2) is 19.4 Å².